The Morgan fingerprint density at radius 1 is 0.694 bits per heavy atom. The Morgan fingerprint density at radius 2 is 1.20 bits per heavy atom. The smallest absolute Gasteiger partial charge is 0.306 e. The first-order chi connectivity index (χ1) is 23.9. The Balaban J connectivity index is 1.86. The third-order valence-corrected chi connectivity index (χ3v) is 10.9. The zero-order chi connectivity index (χ0) is 35.4. The fourth-order valence-corrected chi connectivity index (χ4v) is 7.45. The molecule has 2 fully saturated rings. The Hall–Kier alpha value is -1.67. The normalized spacial score (nSPS) is 17.0. The zero-order valence-corrected chi connectivity index (χ0v) is 32.5. The highest BCUT2D eigenvalue weighted by molar-refractivity contribution is 5.89. The topological polar surface area (TPSA) is 82.2 Å². The van der Waals surface area contributed by atoms with Gasteiger partial charge in [-0.25, -0.2) is 0 Å². The lowest BCUT2D eigenvalue weighted by atomic mass is 10.0. The molecule has 8 nitrogen and oxygen atoms in total. The molecule has 0 aromatic heterocycles. The van der Waals surface area contributed by atoms with Crippen molar-refractivity contribution in [1.29, 1.82) is 0 Å². The minimum atomic E-state index is -0.524. The fraction of sp³-hybridized carbons (Fsp3) is 0.927. The first kappa shape index (κ1) is 43.5. The van der Waals surface area contributed by atoms with E-state index in [1.54, 1.807) is 4.90 Å². The van der Waals surface area contributed by atoms with E-state index in [4.69, 9.17) is 4.74 Å². The van der Waals surface area contributed by atoms with Crippen molar-refractivity contribution in [1.82, 2.24) is 20.0 Å². The van der Waals surface area contributed by atoms with Gasteiger partial charge in [0.25, 0.3) is 5.91 Å². The SMILES string of the molecule is CCCCCCCCCCCCCCCC(=O)OCC(=O)N(CCN1CCN(C)CC1)C(CCCCCCC)C(=O)NC1CCCCCC1. The van der Waals surface area contributed by atoms with Crippen LogP contribution in [0.4, 0.5) is 0 Å². The molecule has 1 atom stereocenters. The van der Waals surface area contributed by atoms with Crippen LogP contribution in [0.2, 0.25) is 0 Å². The second-order valence-electron chi connectivity index (χ2n) is 15.3. The molecule has 286 valence electrons. The summed E-state index contributed by atoms with van der Waals surface area (Å²) in [7, 11) is 2.14. The van der Waals surface area contributed by atoms with E-state index in [1.807, 2.05) is 0 Å². The van der Waals surface area contributed by atoms with Gasteiger partial charge in [0.15, 0.2) is 6.61 Å². The summed E-state index contributed by atoms with van der Waals surface area (Å²) >= 11 is 0. The standard InChI is InChI=1S/C41H78N4O4/c1-4-6-8-10-11-12-13-14-15-16-17-19-25-29-40(47)49-36-39(46)45(35-34-44-32-30-43(3)31-33-44)38(28-24-18-9-7-5-2)41(48)42-37-26-22-20-21-23-27-37/h37-38H,4-36H2,1-3H3,(H,42,48). The highest BCUT2D eigenvalue weighted by Crippen LogP contribution is 2.20. The van der Waals surface area contributed by atoms with Gasteiger partial charge >= 0.3 is 5.97 Å². The van der Waals surface area contributed by atoms with Crippen molar-refractivity contribution in [2.24, 2.45) is 0 Å². The van der Waals surface area contributed by atoms with Crippen LogP contribution in [0.25, 0.3) is 0 Å². The van der Waals surface area contributed by atoms with Crippen LogP contribution in [0, 0.1) is 0 Å². The Labute approximate surface area is 302 Å². The molecular formula is C41H78N4O4. The molecule has 0 radical (unpaired) electrons. The van der Waals surface area contributed by atoms with Crippen molar-refractivity contribution in [3.8, 4) is 0 Å². The number of hydrogen-bond acceptors (Lipinski definition) is 6. The summed E-state index contributed by atoms with van der Waals surface area (Å²) in [6.45, 7) is 9.35. The van der Waals surface area contributed by atoms with E-state index in [9.17, 15) is 14.4 Å². The van der Waals surface area contributed by atoms with E-state index in [2.05, 4.69) is 36.0 Å². The summed E-state index contributed by atoms with van der Waals surface area (Å²) in [6.07, 6.45) is 29.7. The van der Waals surface area contributed by atoms with Gasteiger partial charge in [-0.3, -0.25) is 19.3 Å². The number of likely N-dealkylation sites (N-methyl/N-ethyl adjacent to an activating group) is 1. The largest absolute Gasteiger partial charge is 0.456 e. The number of unbranched alkanes of at least 4 members (excludes halogenated alkanes) is 16. The van der Waals surface area contributed by atoms with Crippen LogP contribution in [0.5, 0.6) is 0 Å². The number of nitrogens with zero attached hydrogens (tertiary/aromatic N) is 3. The Kier molecular flexibility index (Phi) is 25.7. The second-order valence-corrected chi connectivity index (χ2v) is 15.3. The molecule has 1 unspecified atom stereocenters. The van der Waals surface area contributed by atoms with Crippen LogP contribution in [0.1, 0.15) is 181 Å². The molecule has 0 aromatic rings. The number of piperazine rings is 1. The van der Waals surface area contributed by atoms with Gasteiger partial charge in [0.2, 0.25) is 5.91 Å². The molecule has 1 aliphatic heterocycles. The maximum absolute atomic E-state index is 13.9. The number of rotatable bonds is 28. The predicted molar refractivity (Wildman–Crippen MR) is 204 cm³/mol. The van der Waals surface area contributed by atoms with E-state index in [1.165, 1.54) is 89.9 Å². The maximum atomic E-state index is 13.9. The van der Waals surface area contributed by atoms with Gasteiger partial charge in [-0.1, -0.05) is 149 Å². The molecule has 1 heterocycles. The third-order valence-electron chi connectivity index (χ3n) is 10.9. The van der Waals surface area contributed by atoms with Crippen LogP contribution >= 0.6 is 0 Å². The second kappa shape index (κ2) is 29.0. The van der Waals surface area contributed by atoms with Crippen LogP contribution < -0.4 is 5.32 Å². The maximum Gasteiger partial charge on any atom is 0.306 e. The molecule has 8 heteroatoms. The van der Waals surface area contributed by atoms with E-state index in [0.717, 1.165) is 96.9 Å². The van der Waals surface area contributed by atoms with Crippen LogP contribution in [0.15, 0.2) is 0 Å². The van der Waals surface area contributed by atoms with Gasteiger partial charge in [-0.2, -0.15) is 0 Å². The van der Waals surface area contributed by atoms with E-state index >= 15 is 0 Å². The molecule has 0 bridgehead atoms. The number of nitrogens with one attached hydrogen (secondary N) is 1. The zero-order valence-electron chi connectivity index (χ0n) is 32.5. The van der Waals surface area contributed by atoms with Gasteiger partial charge in [0, 0.05) is 51.7 Å². The van der Waals surface area contributed by atoms with Crippen molar-refractivity contribution >= 4 is 17.8 Å². The van der Waals surface area contributed by atoms with Crippen molar-refractivity contribution in [2.75, 3.05) is 52.9 Å². The average molecular weight is 691 g/mol. The first-order valence-electron chi connectivity index (χ1n) is 21.1. The van der Waals surface area contributed by atoms with Crippen molar-refractivity contribution in [2.45, 2.75) is 193 Å². The molecule has 0 spiro atoms. The summed E-state index contributed by atoms with van der Waals surface area (Å²) in [5.74, 6) is -0.552. The first-order valence-corrected chi connectivity index (χ1v) is 21.1. The highest BCUT2D eigenvalue weighted by Gasteiger charge is 2.32. The predicted octanol–water partition coefficient (Wildman–Crippen LogP) is 8.66. The minimum Gasteiger partial charge on any atom is -0.456 e. The van der Waals surface area contributed by atoms with Gasteiger partial charge in [0.05, 0.1) is 0 Å². The number of carbonyl (C=O) groups is 3. The van der Waals surface area contributed by atoms with Crippen LogP contribution in [-0.4, -0.2) is 97.5 Å². The lowest BCUT2D eigenvalue weighted by molar-refractivity contribution is -0.154. The highest BCUT2D eigenvalue weighted by atomic mass is 16.5. The van der Waals surface area contributed by atoms with Crippen LogP contribution in [-0.2, 0) is 19.1 Å². The number of esters is 1. The molecule has 1 saturated carbocycles. The minimum absolute atomic E-state index is 0.0209. The molecule has 0 aromatic carbocycles. The molecule has 1 aliphatic carbocycles. The number of amides is 2. The number of ether oxygens (including phenoxy) is 1. The molecule has 2 aliphatic rings. The molecule has 2 rings (SSSR count). The lowest BCUT2D eigenvalue weighted by Crippen LogP contribution is -2.55. The molecule has 1 saturated heterocycles. The molecule has 2 amide bonds. The molecular weight excluding hydrogens is 612 g/mol. The average Bonchev–Trinajstić information content (AvgIpc) is 3.37. The van der Waals surface area contributed by atoms with Crippen molar-refractivity contribution in [3.63, 3.8) is 0 Å². The van der Waals surface area contributed by atoms with Crippen molar-refractivity contribution in [3.05, 3.63) is 0 Å². The van der Waals surface area contributed by atoms with Gasteiger partial charge in [-0.05, 0) is 32.7 Å². The lowest BCUT2D eigenvalue weighted by Gasteiger charge is -2.36. The summed E-state index contributed by atoms with van der Waals surface area (Å²) in [6, 6.07) is -0.338. The quantitative estimate of drug-likeness (QED) is 0.0503. The summed E-state index contributed by atoms with van der Waals surface area (Å²) < 4.78 is 5.57. The van der Waals surface area contributed by atoms with Gasteiger partial charge in [0.1, 0.15) is 6.04 Å². The van der Waals surface area contributed by atoms with E-state index in [0.29, 0.717) is 19.4 Å². The number of carbonyl (C=O) groups excluding carboxylic acids is 3. The van der Waals surface area contributed by atoms with E-state index < -0.39 is 6.04 Å². The van der Waals surface area contributed by atoms with Crippen LogP contribution in [0.3, 0.4) is 0 Å². The molecule has 1 N–H and O–H groups in total. The summed E-state index contributed by atoms with van der Waals surface area (Å²) in [5, 5.41) is 3.36. The summed E-state index contributed by atoms with van der Waals surface area (Å²) in [5.41, 5.74) is 0. The van der Waals surface area contributed by atoms with Crippen molar-refractivity contribution < 1.29 is 19.1 Å². The monoisotopic (exact) mass is 691 g/mol. The molecule has 49 heavy (non-hydrogen) atoms. The fourth-order valence-electron chi connectivity index (χ4n) is 7.45. The van der Waals surface area contributed by atoms with Gasteiger partial charge in [-0.15, -0.1) is 0 Å². The van der Waals surface area contributed by atoms with Gasteiger partial charge < -0.3 is 19.9 Å². The Bertz CT molecular complexity index is 839. The third kappa shape index (κ3) is 21.3. The van der Waals surface area contributed by atoms with E-state index in [-0.39, 0.29) is 30.4 Å². The number of hydrogen-bond donors (Lipinski definition) is 1. The Morgan fingerprint density at radius 3 is 1.76 bits per heavy atom. The summed E-state index contributed by atoms with van der Waals surface area (Å²) in [4.78, 5) is 47.0.